The number of nitrogens with one attached hydrogen (secondary N) is 1. The van der Waals surface area contributed by atoms with Crippen LogP contribution in [0.2, 0.25) is 0 Å². The molecular weight excluding hydrogens is 170 g/mol. The molecule has 0 aromatic rings. The number of aliphatic hydroxyl groups is 1. The zero-order chi connectivity index (χ0) is 10.5. The first-order valence-electron chi connectivity index (χ1n) is 4.52. The van der Waals surface area contributed by atoms with Crippen LogP contribution in [0, 0.1) is 0 Å². The van der Waals surface area contributed by atoms with Crippen molar-refractivity contribution in [2.75, 3.05) is 0 Å². The van der Waals surface area contributed by atoms with E-state index < -0.39 is 17.9 Å². The Morgan fingerprint density at radius 1 is 1.54 bits per heavy atom. The molecule has 78 valence electrons. The first kappa shape index (κ1) is 12.2. The van der Waals surface area contributed by atoms with Crippen LogP contribution in [0.5, 0.6) is 0 Å². The molecule has 2 N–H and O–H groups in total. The van der Waals surface area contributed by atoms with E-state index in [4.69, 9.17) is 4.74 Å². The van der Waals surface area contributed by atoms with Crippen molar-refractivity contribution < 1.29 is 14.6 Å². The number of rotatable bonds is 3. The number of ether oxygens (including phenoxy) is 1. The van der Waals surface area contributed by atoms with Gasteiger partial charge >= 0.3 is 6.09 Å². The summed E-state index contributed by atoms with van der Waals surface area (Å²) in [5.41, 5.74) is -0.518. The van der Waals surface area contributed by atoms with Crippen LogP contribution in [0.25, 0.3) is 0 Å². The molecule has 0 aliphatic rings. The summed E-state index contributed by atoms with van der Waals surface area (Å²) in [5, 5.41) is 11.5. The van der Waals surface area contributed by atoms with E-state index in [2.05, 4.69) is 5.32 Å². The van der Waals surface area contributed by atoms with E-state index in [9.17, 15) is 9.90 Å². The van der Waals surface area contributed by atoms with E-state index in [1.54, 1.807) is 20.8 Å². The summed E-state index contributed by atoms with van der Waals surface area (Å²) in [4.78, 5) is 11.1. The van der Waals surface area contributed by atoms with Gasteiger partial charge in [-0.1, -0.05) is 13.3 Å². The third-order valence-electron chi connectivity index (χ3n) is 1.25. The molecule has 4 nitrogen and oxygen atoms in total. The topological polar surface area (TPSA) is 58.6 Å². The van der Waals surface area contributed by atoms with E-state index in [0.717, 1.165) is 6.42 Å². The molecule has 0 bridgehead atoms. The first-order valence-corrected chi connectivity index (χ1v) is 4.52. The third-order valence-corrected chi connectivity index (χ3v) is 1.25. The molecule has 0 aromatic carbocycles. The van der Waals surface area contributed by atoms with Crippen LogP contribution in [0.1, 0.15) is 40.5 Å². The van der Waals surface area contributed by atoms with Gasteiger partial charge in [0.05, 0.1) is 0 Å². The van der Waals surface area contributed by atoms with Gasteiger partial charge in [0.2, 0.25) is 0 Å². The lowest BCUT2D eigenvalue weighted by atomic mass is 10.2. The highest BCUT2D eigenvalue weighted by molar-refractivity contribution is 5.67. The van der Waals surface area contributed by atoms with Crippen molar-refractivity contribution in [2.24, 2.45) is 0 Å². The average Bonchev–Trinajstić information content (AvgIpc) is 1.81. The molecule has 4 heteroatoms. The Morgan fingerprint density at radius 3 is 2.46 bits per heavy atom. The molecule has 0 aromatic heterocycles. The van der Waals surface area contributed by atoms with Gasteiger partial charge in [-0.25, -0.2) is 4.79 Å². The lowest BCUT2D eigenvalue weighted by Crippen LogP contribution is -2.38. The van der Waals surface area contributed by atoms with E-state index in [0.29, 0.717) is 6.42 Å². The van der Waals surface area contributed by atoms with E-state index >= 15 is 0 Å². The summed E-state index contributed by atoms with van der Waals surface area (Å²) in [6.07, 6.45) is -0.0239. The van der Waals surface area contributed by atoms with E-state index in [-0.39, 0.29) is 0 Å². The number of aliphatic hydroxyl groups excluding tert-OH is 1. The summed E-state index contributed by atoms with van der Waals surface area (Å²) in [6, 6.07) is 0. The minimum atomic E-state index is -0.806. The van der Waals surface area contributed by atoms with Gasteiger partial charge in [0.15, 0.2) is 0 Å². The van der Waals surface area contributed by atoms with Crippen LogP contribution < -0.4 is 5.32 Å². The Bertz CT molecular complexity index is 163. The number of alkyl carbamates (subject to hydrolysis) is 1. The summed E-state index contributed by atoms with van der Waals surface area (Å²) >= 11 is 0. The lowest BCUT2D eigenvalue weighted by Gasteiger charge is -2.21. The van der Waals surface area contributed by atoms with Gasteiger partial charge in [-0.15, -0.1) is 0 Å². The first-order chi connectivity index (χ1) is 5.85. The van der Waals surface area contributed by atoms with Crippen molar-refractivity contribution in [2.45, 2.75) is 52.4 Å². The Labute approximate surface area is 79.3 Å². The smallest absolute Gasteiger partial charge is 0.409 e. The van der Waals surface area contributed by atoms with Crippen LogP contribution in [0.3, 0.4) is 0 Å². The Morgan fingerprint density at radius 2 is 2.08 bits per heavy atom. The summed E-state index contributed by atoms with van der Waals surface area (Å²) in [6.45, 7) is 7.26. The van der Waals surface area contributed by atoms with Crippen molar-refractivity contribution in [1.82, 2.24) is 5.32 Å². The number of hydrogen-bond donors (Lipinski definition) is 2. The number of carbonyl (C=O) groups excluding carboxylic acids is 1. The van der Waals surface area contributed by atoms with E-state index in [1.165, 1.54) is 0 Å². The van der Waals surface area contributed by atoms with Crippen LogP contribution in [-0.4, -0.2) is 23.0 Å². The highest BCUT2D eigenvalue weighted by Crippen LogP contribution is 2.06. The lowest BCUT2D eigenvalue weighted by molar-refractivity contribution is 0.0344. The van der Waals surface area contributed by atoms with Gasteiger partial charge in [0, 0.05) is 0 Å². The van der Waals surface area contributed by atoms with Gasteiger partial charge < -0.3 is 9.84 Å². The second kappa shape index (κ2) is 5.07. The molecular formula is C9H19NO3. The second-order valence-electron chi connectivity index (χ2n) is 3.95. The molecule has 0 saturated carbocycles. The molecule has 13 heavy (non-hydrogen) atoms. The van der Waals surface area contributed by atoms with Crippen LogP contribution >= 0.6 is 0 Å². The normalized spacial score (nSPS) is 13.6. The predicted octanol–water partition coefficient (Wildman–Crippen LogP) is 1.63. The van der Waals surface area contributed by atoms with Crippen LogP contribution in [0.4, 0.5) is 4.79 Å². The van der Waals surface area contributed by atoms with Crippen molar-refractivity contribution in [3.63, 3.8) is 0 Å². The Balaban J connectivity index is 3.74. The van der Waals surface area contributed by atoms with Crippen molar-refractivity contribution in [1.29, 1.82) is 0 Å². The Kier molecular flexibility index (Phi) is 4.77. The molecule has 0 spiro atoms. The number of amides is 1. The minimum Gasteiger partial charge on any atom is -0.444 e. The Hall–Kier alpha value is -0.770. The summed E-state index contributed by atoms with van der Waals surface area (Å²) < 4.78 is 4.94. The SMILES string of the molecule is CCC[C@H](O)NC(=O)OC(C)(C)C. The fraction of sp³-hybridized carbons (Fsp3) is 0.889. The summed E-state index contributed by atoms with van der Waals surface area (Å²) in [5.74, 6) is 0. The van der Waals surface area contributed by atoms with Crippen molar-refractivity contribution >= 4 is 6.09 Å². The van der Waals surface area contributed by atoms with Crippen molar-refractivity contribution in [3.8, 4) is 0 Å². The number of hydrogen-bond acceptors (Lipinski definition) is 3. The predicted molar refractivity (Wildman–Crippen MR) is 50.3 cm³/mol. The van der Waals surface area contributed by atoms with Gasteiger partial charge in [-0.05, 0) is 27.2 Å². The molecule has 0 aliphatic carbocycles. The van der Waals surface area contributed by atoms with Gasteiger partial charge in [0.1, 0.15) is 11.8 Å². The fourth-order valence-corrected chi connectivity index (χ4v) is 0.789. The zero-order valence-corrected chi connectivity index (χ0v) is 8.76. The maximum absolute atomic E-state index is 11.1. The second-order valence-corrected chi connectivity index (χ2v) is 3.95. The van der Waals surface area contributed by atoms with Gasteiger partial charge in [0.25, 0.3) is 0 Å². The molecule has 0 saturated heterocycles. The largest absolute Gasteiger partial charge is 0.444 e. The average molecular weight is 189 g/mol. The molecule has 0 radical (unpaired) electrons. The maximum Gasteiger partial charge on any atom is 0.409 e. The monoisotopic (exact) mass is 189 g/mol. The quantitative estimate of drug-likeness (QED) is 0.663. The minimum absolute atomic E-state index is 0.518. The molecule has 0 unspecified atom stereocenters. The third kappa shape index (κ3) is 7.59. The molecule has 1 atom stereocenters. The van der Waals surface area contributed by atoms with Crippen LogP contribution in [-0.2, 0) is 4.74 Å². The molecule has 0 heterocycles. The molecule has 0 rings (SSSR count). The highest BCUT2D eigenvalue weighted by Gasteiger charge is 2.17. The summed E-state index contributed by atoms with van der Waals surface area (Å²) in [7, 11) is 0. The van der Waals surface area contributed by atoms with Crippen LogP contribution in [0.15, 0.2) is 0 Å². The maximum atomic E-state index is 11.1. The van der Waals surface area contributed by atoms with Gasteiger partial charge in [-0.2, -0.15) is 0 Å². The fourth-order valence-electron chi connectivity index (χ4n) is 0.789. The van der Waals surface area contributed by atoms with Gasteiger partial charge in [-0.3, -0.25) is 5.32 Å². The standard InChI is InChI=1S/C9H19NO3/c1-5-6-7(11)10-8(12)13-9(2,3)4/h7,11H,5-6H2,1-4H3,(H,10,12)/t7-/m0/s1. The molecule has 1 amide bonds. The number of carbonyl (C=O) groups is 1. The van der Waals surface area contributed by atoms with Crippen molar-refractivity contribution in [3.05, 3.63) is 0 Å². The molecule has 0 fully saturated rings. The zero-order valence-electron chi connectivity index (χ0n) is 8.76. The molecule has 0 aliphatic heterocycles. The van der Waals surface area contributed by atoms with E-state index in [1.807, 2.05) is 6.92 Å². The highest BCUT2D eigenvalue weighted by atomic mass is 16.6.